The summed E-state index contributed by atoms with van der Waals surface area (Å²) in [6.07, 6.45) is 2.59. The maximum absolute atomic E-state index is 12.0. The highest BCUT2D eigenvalue weighted by molar-refractivity contribution is 5.89. The largest absolute Gasteiger partial charge is 0.453 e. The molecule has 2 fully saturated rings. The van der Waals surface area contributed by atoms with Crippen molar-refractivity contribution in [1.29, 1.82) is 0 Å². The number of nitrogens with zero attached hydrogens (tertiary/aromatic N) is 6. The zero-order valence-electron chi connectivity index (χ0n) is 20.5. The Labute approximate surface area is 204 Å². The van der Waals surface area contributed by atoms with Gasteiger partial charge in [-0.05, 0) is 38.3 Å². The lowest BCUT2D eigenvalue weighted by atomic mass is 9.96. The minimum atomic E-state index is -0.306. The van der Waals surface area contributed by atoms with Crippen molar-refractivity contribution in [3.63, 3.8) is 0 Å². The number of aromatic amines is 1. The highest BCUT2D eigenvalue weighted by Crippen LogP contribution is 2.31. The van der Waals surface area contributed by atoms with Gasteiger partial charge in [-0.2, -0.15) is 5.10 Å². The molecule has 4 heterocycles. The van der Waals surface area contributed by atoms with Crippen LogP contribution >= 0.6 is 0 Å². The van der Waals surface area contributed by atoms with E-state index in [-0.39, 0.29) is 24.8 Å². The van der Waals surface area contributed by atoms with Crippen LogP contribution < -0.4 is 4.90 Å². The van der Waals surface area contributed by atoms with Crippen molar-refractivity contribution in [2.45, 2.75) is 38.3 Å². The Morgan fingerprint density at radius 1 is 1.17 bits per heavy atom. The summed E-state index contributed by atoms with van der Waals surface area (Å²) in [5.74, 6) is 1.13. The first kappa shape index (κ1) is 23.5. The number of fused-ring (bicyclic) bond motifs is 1. The number of β-amino-alcohol motifs (C(OH)–C–C–N with tert-alkyl or cyclic N) is 1. The van der Waals surface area contributed by atoms with Gasteiger partial charge >= 0.3 is 6.09 Å². The molecule has 10 heteroatoms. The first-order valence-electron chi connectivity index (χ1n) is 12.2. The molecule has 2 saturated heterocycles. The summed E-state index contributed by atoms with van der Waals surface area (Å²) in [5.41, 5.74) is 4.70. The molecule has 2 aliphatic rings. The Morgan fingerprint density at radius 3 is 2.60 bits per heavy atom. The molecule has 10 nitrogen and oxygen atoms in total. The molecule has 0 aliphatic carbocycles. The molecule has 0 bridgehead atoms. The van der Waals surface area contributed by atoms with Gasteiger partial charge in [-0.1, -0.05) is 24.3 Å². The summed E-state index contributed by atoms with van der Waals surface area (Å²) in [7, 11) is 1.41. The quantitative estimate of drug-likeness (QED) is 0.574. The number of aliphatic hydroxyl groups excluding tert-OH is 1. The second-order valence-corrected chi connectivity index (χ2v) is 9.62. The highest BCUT2D eigenvalue weighted by atomic mass is 16.5. The van der Waals surface area contributed by atoms with E-state index in [1.54, 1.807) is 11.1 Å². The average molecular weight is 480 g/mol. The van der Waals surface area contributed by atoms with Gasteiger partial charge in [-0.3, -0.25) is 5.10 Å². The van der Waals surface area contributed by atoms with Crippen LogP contribution in [-0.4, -0.2) is 99.7 Å². The van der Waals surface area contributed by atoms with E-state index in [4.69, 9.17) is 9.72 Å². The maximum atomic E-state index is 12.0. The number of benzene rings is 1. The summed E-state index contributed by atoms with van der Waals surface area (Å²) in [6, 6.07) is 8.68. The number of hydrogen-bond acceptors (Lipinski definition) is 8. The number of carbonyl (C=O) groups is 1. The number of likely N-dealkylation sites (tertiary alicyclic amines) is 1. The summed E-state index contributed by atoms with van der Waals surface area (Å²) >= 11 is 0. The molecule has 1 aromatic carbocycles. The van der Waals surface area contributed by atoms with Gasteiger partial charge in [0.1, 0.15) is 16.7 Å². The van der Waals surface area contributed by atoms with Gasteiger partial charge in [0.2, 0.25) is 5.95 Å². The normalized spacial score (nSPS) is 23.3. The van der Waals surface area contributed by atoms with Crippen LogP contribution in [0.2, 0.25) is 0 Å². The highest BCUT2D eigenvalue weighted by Gasteiger charge is 2.34. The summed E-state index contributed by atoms with van der Waals surface area (Å²) in [4.78, 5) is 27.7. The third kappa shape index (κ3) is 4.55. The number of ether oxygens (including phenoxy) is 1. The van der Waals surface area contributed by atoms with Crippen LogP contribution in [0.25, 0.3) is 22.3 Å². The van der Waals surface area contributed by atoms with Crippen LogP contribution in [0.1, 0.15) is 31.7 Å². The number of aromatic nitrogens is 4. The topological polar surface area (TPSA) is 111 Å². The summed E-state index contributed by atoms with van der Waals surface area (Å²) in [6.45, 7) is 8.20. The van der Waals surface area contributed by atoms with Gasteiger partial charge in [0.25, 0.3) is 0 Å². The van der Waals surface area contributed by atoms with Crippen molar-refractivity contribution in [2.75, 3.05) is 51.3 Å². The molecule has 2 aliphatic heterocycles. The molecule has 5 rings (SSSR count). The van der Waals surface area contributed by atoms with Crippen molar-refractivity contribution >= 4 is 23.1 Å². The zero-order chi connectivity index (χ0) is 24.5. The van der Waals surface area contributed by atoms with Crippen LogP contribution in [0.3, 0.4) is 0 Å². The number of piperazine rings is 1. The Balaban J connectivity index is 1.38. The first-order chi connectivity index (χ1) is 17.0. The van der Waals surface area contributed by atoms with E-state index in [9.17, 15) is 9.90 Å². The Kier molecular flexibility index (Phi) is 6.57. The number of rotatable bonds is 5. The van der Waals surface area contributed by atoms with Gasteiger partial charge in [0.15, 0.2) is 0 Å². The third-order valence-electron chi connectivity index (χ3n) is 7.22. The van der Waals surface area contributed by atoms with E-state index in [0.717, 1.165) is 48.3 Å². The smallest absolute Gasteiger partial charge is 0.409 e. The van der Waals surface area contributed by atoms with Crippen LogP contribution in [0.15, 0.2) is 30.5 Å². The monoisotopic (exact) mass is 479 g/mol. The van der Waals surface area contributed by atoms with Gasteiger partial charge < -0.3 is 24.5 Å². The van der Waals surface area contributed by atoms with E-state index < -0.39 is 0 Å². The molecule has 2 aromatic heterocycles. The van der Waals surface area contributed by atoms with Gasteiger partial charge in [0.05, 0.1) is 19.9 Å². The number of amides is 1. The van der Waals surface area contributed by atoms with Crippen molar-refractivity contribution < 1.29 is 14.6 Å². The molecule has 186 valence electrons. The molecular weight excluding hydrogens is 446 g/mol. The van der Waals surface area contributed by atoms with Crippen molar-refractivity contribution in [3.05, 3.63) is 36.0 Å². The fraction of sp³-hybridized carbons (Fsp3) is 0.520. The minimum Gasteiger partial charge on any atom is -0.453 e. The number of carbonyl (C=O) groups excluding carboxylic acids is 1. The van der Waals surface area contributed by atoms with E-state index in [0.29, 0.717) is 25.0 Å². The zero-order valence-corrected chi connectivity index (χ0v) is 20.5. The van der Waals surface area contributed by atoms with Crippen LogP contribution in [0.4, 0.5) is 10.7 Å². The molecule has 0 spiro atoms. The number of H-pyrrole nitrogens is 1. The molecular formula is C25H33N7O3. The van der Waals surface area contributed by atoms with Crippen LogP contribution in [0.5, 0.6) is 0 Å². The van der Waals surface area contributed by atoms with Crippen molar-refractivity contribution in [3.8, 4) is 11.3 Å². The molecule has 35 heavy (non-hydrogen) atoms. The summed E-state index contributed by atoms with van der Waals surface area (Å²) < 4.78 is 4.91. The lowest BCUT2D eigenvalue weighted by molar-refractivity contribution is 0.109. The number of methoxy groups -OCH3 is 1. The molecule has 3 atom stereocenters. The molecule has 0 saturated carbocycles. The first-order valence-corrected chi connectivity index (χ1v) is 12.2. The molecule has 3 aromatic rings. The SMILES string of the molecule is COC(=O)N1CC(C)N(c2ncc3[nH]nc(-c4ccc(C5CCN(CCO)C5)cc4)c3n2)C(C)C1. The van der Waals surface area contributed by atoms with Crippen molar-refractivity contribution in [1.82, 2.24) is 30.0 Å². The predicted molar refractivity (Wildman–Crippen MR) is 133 cm³/mol. The number of nitrogens with one attached hydrogen (secondary N) is 1. The maximum Gasteiger partial charge on any atom is 0.409 e. The fourth-order valence-corrected chi connectivity index (χ4v) is 5.49. The molecule has 0 radical (unpaired) electrons. The fourth-order valence-electron chi connectivity index (χ4n) is 5.49. The van der Waals surface area contributed by atoms with Crippen LogP contribution in [-0.2, 0) is 4.74 Å². The van der Waals surface area contributed by atoms with Gasteiger partial charge in [-0.25, -0.2) is 14.8 Å². The number of hydrogen-bond donors (Lipinski definition) is 2. The van der Waals surface area contributed by atoms with Crippen molar-refractivity contribution in [2.24, 2.45) is 0 Å². The van der Waals surface area contributed by atoms with E-state index in [1.807, 2.05) is 0 Å². The van der Waals surface area contributed by atoms with Gasteiger partial charge in [-0.15, -0.1) is 0 Å². The average Bonchev–Trinajstić information content (AvgIpc) is 3.50. The van der Waals surface area contributed by atoms with Gasteiger partial charge in [0, 0.05) is 43.8 Å². The standard InChI is InChI=1S/C25H33N7O3/c1-16-13-31(25(34)35-3)14-17(2)32(16)24-26-12-21-23(27-24)22(29-28-21)19-6-4-18(5-7-19)20-8-9-30(15-20)10-11-33/h4-7,12,16-17,20,33H,8-11,13-15H2,1-3H3,(H,28,29). The predicted octanol–water partition coefficient (Wildman–Crippen LogP) is 2.47. The Hall–Kier alpha value is -3.24. The van der Waals surface area contributed by atoms with E-state index >= 15 is 0 Å². The number of aliphatic hydroxyl groups is 1. The molecule has 1 amide bonds. The molecule has 3 unspecified atom stereocenters. The number of anilines is 1. The lowest BCUT2D eigenvalue weighted by Gasteiger charge is -2.43. The van der Waals surface area contributed by atoms with E-state index in [2.05, 4.69) is 63.1 Å². The lowest BCUT2D eigenvalue weighted by Crippen LogP contribution is -2.58. The third-order valence-corrected chi connectivity index (χ3v) is 7.22. The van der Waals surface area contributed by atoms with E-state index in [1.165, 1.54) is 12.7 Å². The minimum absolute atomic E-state index is 0.0433. The molecule has 2 N–H and O–H groups in total. The van der Waals surface area contributed by atoms with Crippen LogP contribution in [0, 0.1) is 0 Å². The Morgan fingerprint density at radius 2 is 1.91 bits per heavy atom. The second-order valence-electron chi connectivity index (χ2n) is 9.62. The Bertz CT molecular complexity index is 1170. The second kappa shape index (κ2) is 9.79. The summed E-state index contributed by atoms with van der Waals surface area (Å²) in [5, 5.41) is 16.8.